The summed E-state index contributed by atoms with van der Waals surface area (Å²) in [6.07, 6.45) is 0. The first-order chi connectivity index (χ1) is 9.61. The fourth-order valence-corrected chi connectivity index (χ4v) is 2.93. The number of ether oxygens (including phenoxy) is 1. The molecular weight excluding hydrogens is 276 g/mol. The number of amides is 1. The van der Waals surface area contributed by atoms with Crippen LogP contribution in [0.25, 0.3) is 0 Å². The third-order valence-electron chi connectivity index (χ3n) is 2.98. The Kier molecular flexibility index (Phi) is 4.93. The maximum atomic E-state index is 12.1. The average Bonchev–Trinajstić information content (AvgIpc) is 2.45. The number of hydrogen-bond acceptors (Lipinski definition) is 6. The van der Waals surface area contributed by atoms with Crippen molar-refractivity contribution in [2.45, 2.75) is 18.9 Å². The smallest absolute Gasteiger partial charge is 0.233 e. The minimum atomic E-state index is 0.0520. The molecular formula is C13H16N4O2S. The number of aryl methyl sites for hydroxylation is 2. The highest BCUT2D eigenvalue weighted by molar-refractivity contribution is 8.00. The molecule has 106 valence electrons. The molecule has 0 unspecified atom stereocenters. The molecule has 0 atom stereocenters. The van der Waals surface area contributed by atoms with Gasteiger partial charge in [-0.25, -0.2) is 9.97 Å². The molecule has 2 rings (SSSR count). The minimum absolute atomic E-state index is 0.0520. The molecule has 20 heavy (non-hydrogen) atoms. The van der Waals surface area contributed by atoms with Gasteiger partial charge in [0.1, 0.15) is 22.5 Å². The Morgan fingerprint density at radius 1 is 1.40 bits per heavy atom. The molecule has 0 N–H and O–H groups in total. The van der Waals surface area contributed by atoms with Crippen molar-refractivity contribution in [2.75, 3.05) is 32.1 Å². The van der Waals surface area contributed by atoms with E-state index in [0.717, 1.165) is 0 Å². The number of nitriles is 1. The summed E-state index contributed by atoms with van der Waals surface area (Å²) in [6.45, 7) is 6.00. The van der Waals surface area contributed by atoms with E-state index in [1.165, 1.54) is 11.8 Å². The summed E-state index contributed by atoms with van der Waals surface area (Å²) in [5.41, 5.74) is 1.11. The molecule has 1 aliphatic rings. The van der Waals surface area contributed by atoms with Crippen molar-refractivity contribution in [1.82, 2.24) is 14.9 Å². The van der Waals surface area contributed by atoms with Crippen LogP contribution in [-0.4, -0.2) is 52.8 Å². The second-order valence-electron chi connectivity index (χ2n) is 4.43. The molecule has 0 spiro atoms. The zero-order valence-corrected chi connectivity index (χ0v) is 12.4. The summed E-state index contributed by atoms with van der Waals surface area (Å²) in [7, 11) is 0. The average molecular weight is 292 g/mol. The van der Waals surface area contributed by atoms with Gasteiger partial charge in [0.15, 0.2) is 0 Å². The zero-order chi connectivity index (χ0) is 14.5. The number of carbonyl (C=O) groups excluding carboxylic acids is 1. The summed E-state index contributed by atoms with van der Waals surface area (Å²) in [5.74, 6) is 0.948. The Balaban J connectivity index is 2.03. The second kappa shape index (κ2) is 6.68. The molecule has 1 saturated heterocycles. The first kappa shape index (κ1) is 14.8. The van der Waals surface area contributed by atoms with Crippen molar-refractivity contribution in [3.63, 3.8) is 0 Å². The van der Waals surface area contributed by atoms with Gasteiger partial charge in [-0.2, -0.15) is 5.26 Å². The lowest BCUT2D eigenvalue weighted by Crippen LogP contribution is -2.41. The van der Waals surface area contributed by atoms with Crippen LogP contribution in [0.2, 0.25) is 0 Å². The second-order valence-corrected chi connectivity index (χ2v) is 5.39. The van der Waals surface area contributed by atoms with Gasteiger partial charge in [-0.3, -0.25) is 4.79 Å². The van der Waals surface area contributed by atoms with E-state index < -0.39 is 0 Å². The van der Waals surface area contributed by atoms with Gasteiger partial charge in [-0.05, 0) is 13.8 Å². The SMILES string of the molecule is Cc1nc(C)c(C#N)c(SCC(=O)N2CCOCC2)n1. The minimum Gasteiger partial charge on any atom is -0.378 e. The van der Waals surface area contributed by atoms with Crippen LogP contribution in [0.3, 0.4) is 0 Å². The lowest BCUT2D eigenvalue weighted by atomic mass is 10.3. The highest BCUT2D eigenvalue weighted by Crippen LogP contribution is 2.22. The summed E-state index contributed by atoms with van der Waals surface area (Å²) < 4.78 is 5.22. The first-order valence-electron chi connectivity index (χ1n) is 6.35. The Morgan fingerprint density at radius 2 is 2.10 bits per heavy atom. The Morgan fingerprint density at radius 3 is 2.75 bits per heavy atom. The van der Waals surface area contributed by atoms with Crippen LogP contribution in [-0.2, 0) is 9.53 Å². The normalized spacial score (nSPS) is 14.9. The van der Waals surface area contributed by atoms with Crippen LogP contribution in [0.4, 0.5) is 0 Å². The van der Waals surface area contributed by atoms with Crippen LogP contribution < -0.4 is 0 Å². The molecule has 0 aliphatic carbocycles. The van der Waals surface area contributed by atoms with E-state index in [4.69, 9.17) is 10.00 Å². The highest BCUT2D eigenvalue weighted by Gasteiger charge is 2.18. The van der Waals surface area contributed by atoms with E-state index in [0.29, 0.717) is 48.4 Å². The third-order valence-corrected chi connectivity index (χ3v) is 3.94. The van der Waals surface area contributed by atoms with Crippen LogP contribution in [0.1, 0.15) is 17.1 Å². The quantitative estimate of drug-likeness (QED) is 0.609. The molecule has 1 amide bonds. The topological polar surface area (TPSA) is 79.1 Å². The molecule has 7 heteroatoms. The fraction of sp³-hybridized carbons (Fsp3) is 0.538. The van der Waals surface area contributed by atoms with Crippen molar-refractivity contribution >= 4 is 17.7 Å². The maximum absolute atomic E-state index is 12.1. The summed E-state index contributed by atoms with van der Waals surface area (Å²) >= 11 is 1.30. The number of nitrogens with zero attached hydrogens (tertiary/aromatic N) is 4. The van der Waals surface area contributed by atoms with E-state index in [-0.39, 0.29) is 11.7 Å². The zero-order valence-electron chi connectivity index (χ0n) is 11.5. The molecule has 1 aromatic heterocycles. The van der Waals surface area contributed by atoms with Gasteiger partial charge in [0.2, 0.25) is 5.91 Å². The van der Waals surface area contributed by atoms with E-state index in [9.17, 15) is 4.79 Å². The van der Waals surface area contributed by atoms with E-state index >= 15 is 0 Å². The summed E-state index contributed by atoms with van der Waals surface area (Å²) in [5, 5.41) is 9.73. The van der Waals surface area contributed by atoms with E-state index in [1.807, 2.05) is 0 Å². The number of aromatic nitrogens is 2. The fourth-order valence-electron chi connectivity index (χ4n) is 1.95. The van der Waals surface area contributed by atoms with Gasteiger partial charge in [-0.15, -0.1) is 0 Å². The molecule has 6 nitrogen and oxygen atoms in total. The van der Waals surface area contributed by atoms with Gasteiger partial charge in [-0.1, -0.05) is 11.8 Å². The summed E-state index contributed by atoms with van der Waals surface area (Å²) in [6, 6.07) is 2.10. The van der Waals surface area contributed by atoms with Crippen LogP contribution in [0, 0.1) is 25.2 Å². The van der Waals surface area contributed by atoms with Gasteiger partial charge >= 0.3 is 0 Å². The predicted octanol–water partition coefficient (Wildman–Crippen LogP) is 0.916. The van der Waals surface area contributed by atoms with Gasteiger partial charge in [0.05, 0.1) is 24.7 Å². The number of rotatable bonds is 3. The van der Waals surface area contributed by atoms with E-state index in [2.05, 4.69) is 16.0 Å². The Labute approximate surface area is 122 Å². The molecule has 0 aromatic carbocycles. The molecule has 1 aromatic rings. The lowest BCUT2D eigenvalue weighted by molar-refractivity contribution is -0.132. The van der Waals surface area contributed by atoms with Gasteiger partial charge in [0.25, 0.3) is 0 Å². The van der Waals surface area contributed by atoms with Gasteiger partial charge in [0, 0.05) is 13.1 Å². The Bertz CT molecular complexity index is 550. The number of carbonyl (C=O) groups is 1. The number of thioether (sulfide) groups is 1. The monoisotopic (exact) mass is 292 g/mol. The van der Waals surface area contributed by atoms with Crippen molar-refractivity contribution in [3.05, 3.63) is 17.1 Å². The maximum Gasteiger partial charge on any atom is 0.233 e. The van der Waals surface area contributed by atoms with Crippen molar-refractivity contribution in [3.8, 4) is 6.07 Å². The van der Waals surface area contributed by atoms with Crippen molar-refractivity contribution < 1.29 is 9.53 Å². The lowest BCUT2D eigenvalue weighted by Gasteiger charge is -2.26. The van der Waals surface area contributed by atoms with Crippen molar-refractivity contribution in [1.29, 1.82) is 5.26 Å². The van der Waals surface area contributed by atoms with Crippen LogP contribution in [0.15, 0.2) is 5.03 Å². The first-order valence-corrected chi connectivity index (χ1v) is 7.34. The number of morpholine rings is 1. The van der Waals surface area contributed by atoms with E-state index in [1.54, 1.807) is 18.7 Å². The van der Waals surface area contributed by atoms with Crippen molar-refractivity contribution in [2.24, 2.45) is 0 Å². The molecule has 1 fully saturated rings. The largest absolute Gasteiger partial charge is 0.378 e. The van der Waals surface area contributed by atoms with Crippen LogP contribution in [0.5, 0.6) is 0 Å². The molecule has 0 bridgehead atoms. The molecule has 0 saturated carbocycles. The highest BCUT2D eigenvalue weighted by atomic mass is 32.2. The molecule has 0 radical (unpaired) electrons. The molecule has 2 heterocycles. The molecule has 1 aliphatic heterocycles. The number of hydrogen-bond donors (Lipinski definition) is 0. The Hall–Kier alpha value is -1.65. The standard InChI is InChI=1S/C13H16N4O2S/c1-9-11(7-14)13(16-10(2)15-9)20-8-12(18)17-3-5-19-6-4-17/h3-6,8H2,1-2H3. The van der Waals surface area contributed by atoms with Gasteiger partial charge < -0.3 is 9.64 Å². The van der Waals surface area contributed by atoms with Crippen LogP contribution >= 0.6 is 11.8 Å². The third kappa shape index (κ3) is 3.46. The predicted molar refractivity (Wildman–Crippen MR) is 74.3 cm³/mol. The summed E-state index contributed by atoms with van der Waals surface area (Å²) in [4.78, 5) is 22.3.